The van der Waals surface area contributed by atoms with Crippen molar-refractivity contribution in [3.05, 3.63) is 0 Å². The molecule has 106 valence electrons. The first-order valence-corrected chi connectivity index (χ1v) is 6.91. The van der Waals surface area contributed by atoms with Gasteiger partial charge in [0.05, 0.1) is 12.1 Å². The summed E-state index contributed by atoms with van der Waals surface area (Å²) in [5.74, 6) is -0.427. The predicted octanol–water partition coefficient (Wildman–Crippen LogP) is -0.439. The average molecular weight is 267 g/mol. The standard InChI is InChI=1S/C13H21N3O3/c1-2-10(14)12(18)15-11-6-5-8-3-4-9(7-17)16(8)13(11)19/h7-11H,2-6,14H2,1H3,(H,15,18)/t8-,9+,10?,11+/m1/s1. The van der Waals surface area contributed by atoms with Gasteiger partial charge in [0, 0.05) is 6.04 Å². The molecule has 0 spiro atoms. The van der Waals surface area contributed by atoms with E-state index >= 15 is 0 Å². The van der Waals surface area contributed by atoms with Crippen molar-refractivity contribution in [3.8, 4) is 0 Å². The third kappa shape index (κ3) is 2.63. The molecule has 1 unspecified atom stereocenters. The minimum Gasteiger partial charge on any atom is -0.343 e. The van der Waals surface area contributed by atoms with Gasteiger partial charge in [-0.05, 0) is 32.1 Å². The highest BCUT2D eigenvalue weighted by atomic mass is 16.2. The predicted molar refractivity (Wildman–Crippen MR) is 69.2 cm³/mol. The number of amides is 2. The third-order valence-corrected chi connectivity index (χ3v) is 4.14. The Labute approximate surface area is 112 Å². The van der Waals surface area contributed by atoms with Crippen LogP contribution in [0.1, 0.15) is 39.0 Å². The van der Waals surface area contributed by atoms with Gasteiger partial charge in [-0.3, -0.25) is 9.59 Å². The van der Waals surface area contributed by atoms with Gasteiger partial charge in [0.1, 0.15) is 12.3 Å². The summed E-state index contributed by atoms with van der Waals surface area (Å²) in [5, 5.41) is 2.71. The second-order valence-electron chi connectivity index (χ2n) is 5.33. The number of hydrogen-bond acceptors (Lipinski definition) is 4. The van der Waals surface area contributed by atoms with Crippen LogP contribution in [0, 0.1) is 0 Å². The first kappa shape index (κ1) is 14.0. The fraction of sp³-hybridized carbons (Fsp3) is 0.769. The van der Waals surface area contributed by atoms with Gasteiger partial charge in [-0.25, -0.2) is 0 Å². The molecule has 3 N–H and O–H groups in total. The van der Waals surface area contributed by atoms with Crippen molar-refractivity contribution in [1.82, 2.24) is 10.2 Å². The Bertz CT molecular complexity index is 385. The van der Waals surface area contributed by atoms with Gasteiger partial charge in [-0.2, -0.15) is 0 Å². The summed E-state index contributed by atoms with van der Waals surface area (Å²) in [6.45, 7) is 1.83. The molecule has 2 rings (SSSR count). The number of carbonyl (C=O) groups excluding carboxylic acids is 3. The molecule has 6 heteroatoms. The molecular weight excluding hydrogens is 246 g/mol. The summed E-state index contributed by atoms with van der Waals surface area (Å²) in [6, 6.07) is -1.26. The van der Waals surface area contributed by atoms with Gasteiger partial charge in [0.15, 0.2) is 0 Å². The zero-order chi connectivity index (χ0) is 14.0. The molecule has 0 bridgehead atoms. The van der Waals surface area contributed by atoms with Crippen molar-refractivity contribution < 1.29 is 14.4 Å². The van der Waals surface area contributed by atoms with Crippen molar-refractivity contribution >= 4 is 18.1 Å². The van der Waals surface area contributed by atoms with Crippen LogP contribution in [0.2, 0.25) is 0 Å². The fourth-order valence-electron chi connectivity index (χ4n) is 2.93. The average Bonchev–Trinajstić information content (AvgIpc) is 2.84. The van der Waals surface area contributed by atoms with Crippen LogP contribution in [-0.4, -0.2) is 47.2 Å². The molecular formula is C13H21N3O3. The van der Waals surface area contributed by atoms with Gasteiger partial charge in [-0.1, -0.05) is 6.92 Å². The number of rotatable bonds is 4. The number of hydrogen-bond donors (Lipinski definition) is 2. The third-order valence-electron chi connectivity index (χ3n) is 4.14. The van der Waals surface area contributed by atoms with Crippen molar-refractivity contribution in [3.63, 3.8) is 0 Å². The van der Waals surface area contributed by atoms with Crippen LogP contribution in [-0.2, 0) is 14.4 Å². The Kier molecular flexibility index (Phi) is 4.19. The molecule has 0 aliphatic carbocycles. The second kappa shape index (κ2) is 5.69. The Balaban J connectivity index is 2.02. The van der Waals surface area contributed by atoms with E-state index < -0.39 is 12.1 Å². The molecule has 0 aromatic carbocycles. The lowest BCUT2D eigenvalue weighted by Crippen LogP contribution is -2.58. The van der Waals surface area contributed by atoms with Gasteiger partial charge >= 0.3 is 0 Å². The molecule has 19 heavy (non-hydrogen) atoms. The molecule has 2 heterocycles. The van der Waals surface area contributed by atoms with Crippen LogP contribution < -0.4 is 11.1 Å². The lowest BCUT2D eigenvalue weighted by molar-refractivity contribution is -0.143. The first-order chi connectivity index (χ1) is 9.08. The summed E-state index contributed by atoms with van der Waals surface area (Å²) in [7, 11) is 0. The lowest BCUT2D eigenvalue weighted by Gasteiger charge is -2.37. The molecule has 6 nitrogen and oxygen atoms in total. The van der Waals surface area contributed by atoms with E-state index in [2.05, 4.69) is 5.32 Å². The number of nitrogens with two attached hydrogens (primary N) is 1. The summed E-state index contributed by atoms with van der Waals surface area (Å²) in [6.07, 6.45) is 4.45. The van der Waals surface area contributed by atoms with Crippen molar-refractivity contribution in [2.75, 3.05) is 0 Å². The molecule has 0 saturated carbocycles. The highest BCUT2D eigenvalue weighted by Crippen LogP contribution is 2.31. The minimum atomic E-state index is -0.578. The Morgan fingerprint density at radius 2 is 2.16 bits per heavy atom. The molecule has 0 aromatic rings. The normalized spacial score (nSPS) is 31.8. The number of nitrogens with zero attached hydrogens (tertiary/aromatic N) is 1. The van der Waals surface area contributed by atoms with E-state index in [1.807, 2.05) is 6.92 Å². The van der Waals surface area contributed by atoms with Gasteiger partial charge in [0.25, 0.3) is 0 Å². The van der Waals surface area contributed by atoms with E-state index in [9.17, 15) is 14.4 Å². The van der Waals surface area contributed by atoms with Crippen LogP contribution in [0.3, 0.4) is 0 Å². The van der Waals surface area contributed by atoms with E-state index in [4.69, 9.17) is 5.73 Å². The summed E-state index contributed by atoms with van der Waals surface area (Å²) in [4.78, 5) is 36.7. The first-order valence-electron chi connectivity index (χ1n) is 6.91. The maximum Gasteiger partial charge on any atom is 0.246 e. The number of fused-ring (bicyclic) bond motifs is 1. The SMILES string of the molecule is CCC(N)C(=O)N[C@H]1CC[C@H]2CC[C@@H](C=O)N2C1=O. The van der Waals surface area contributed by atoms with Crippen LogP contribution in [0.5, 0.6) is 0 Å². The summed E-state index contributed by atoms with van der Waals surface area (Å²) >= 11 is 0. The Hall–Kier alpha value is -1.43. The Morgan fingerprint density at radius 1 is 1.47 bits per heavy atom. The number of nitrogens with one attached hydrogen (secondary N) is 1. The number of carbonyl (C=O) groups is 3. The van der Waals surface area contributed by atoms with Crippen LogP contribution in [0.25, 0.3) is 0 Å². The van der Waals surface area contributed by atoms with Gasteiger partial charge < -0.3 is 20.7 Å². The topological polar surface area (TPSA) is 92.5 Å². The van der Waals surface area contributed by atoms with Crippen LogP contribution in [0.4, 0.5) is 0 Å². The van der Waals surface area contributed by atoms with Crippen LogP contribution >= 0.6 is 0 Å². The van der Waals surface area contributed by atoms with E-state index in [1.54, 1.807) is 4.90 Å². The zero-order valence-corrected chi connectivity index (χ0v) is 11.2. The van der Waals surface area contributed by atoms with Crippen molar-refractivity contribution in [1.29, 1.82) is 0 Å². The molecule has 2 aliphatic heterocycles. The van der Waals surface area contributed by atoms with Crippen molar-refractivity contribution in [2.24, 2.45) is 5.73 Å². The number of piperidine rings is 1. The smallest absolute Gasteiger partial charge is 0.246 e. The maximum absolute atomic E-state index is 12.3. The molecule has 2 fully saturated rings. The minimum absolute atomic E-state index is 0.137. The zero-order valence-electron chi connectivity index (χ0n) is 11.2. The lowest BCUT2D eigenvalue weighted by atomic mass is 9.97. The van der Waals surface area contributed by atoms with E-state index in [0.717, 1.165) is 25.5 Å². The molecule has 2 aliphatic rings. The van der Waals surface area contributed by atoms with Gasteiger partial charge in [0.2, 0.25) is 11.8 Å². The van der Waals surface area contributed by atoms with E-state index in [0.29, 0.717) is 12.8 Å². The quantitative estimate of drug-likeness (QED) is 0.675. The highest BCUT2D eigenvalue weighted by Gasteiger charge is 2.43. The molecule has 2 saturated heterocycles. The summed E-state index contributed by atoms with van der Waals surface area (Å²) < 4.78 is 0. The fourth-order valence-corrected chi connectivity index (χ4v) is 2.93. The largest absolute Gasteiger partial charge is 0.343 e. The summed E-state index contributed by atoms with van der Waals surface area (Å²) in [5.41, 5.74) is 5.65. The molecule has 4 atom stereocenters. The van der Waals surface area contributed by atoms with E-state index in [1.165, 1.54) is 0 Å². The highest BCUT2D eigenvalue weighted by molar-refractivity contribution is 5.91. The van der Waals surface area contributed by atoms with Gasteiger partial charge in [-0.15, -0.1) is 0 Å². The molecule has 0 radical (unpaired) electrons. The van der Waals surface area contributed by atoms with Crippen molar-refractivity contribution in [2.45, 2.75) is 63.2 Å². The van der Waals surface area contributed by atoms with Crippen LogP contribution in [0.15, 0.2) is 0 Å². The maximum atomic E-state index is 12.3. The molecule has 2 amide bonds. The monoisotopic (exact) mass is 267 g/mol. The second-order valence-corrected chi connectivity index (χ2v) is 5.33. The van der Waals surface area contributed by atoms with E-state index in [-0.39, 0.29) is 23.9 Å². The Morgan fingerprint density at radius 3 is 2.79 bits per heavy atom. The number of aldehydes is 1. The molecule has 0 aromatic heterocycles.